The molecule has 3 rings (SSSR count). The molecule has 0 spiro atoms. The molecule has 0 amide bonds. The predicted molar refractivity (Wildman–Crippen MR) is 111 cm³/mol. The third-order valence-electron chi connectivity index (χ3n) is 4.35. The molecule has 1 unspecified atom stereocenters. The number of rotatable bonds is 3. The normalized spacial score (nSPS) is 16.2. The van der Waals surface area contributed by atoms with Gasteiger partial charge in [0.2, 0.25) is 0 Å². The van der Waals surface area contributed by atoms with Crippen molar-refractivity contribution >= 4 is 44.7 Å². The summed E-state index contributed by atoms with van der Waals surface area (Å²) in [6.45, 7) is 1.99. The number of ether oxygens (including phenoxy) is 1. The highest BCUT2D eigenvalue weighted by atomic mass is 79.9. The summed E-state index contributed by atoms with van der Waals surface area (Å²) in [5.74, 6) is 0.666. The second kappa shape index (κ2) is 7.61. The number of thiocarbonyl (C=S) groups is 1. The zero-order valence-electron chi connectivity index (χ0n) is 14.7. The van der Waals surface area contributed by atoms with E-state index < -0.39 is 4.92 Å². The first kappa shape index (κ1) is 19.2. The Kier molecular flexibility index (Phi) is 5.43. The molecule has 1 aliphatic rings. The summed E-state index contributed by atoms with van der Waals surface area (Å²) in [6.07, 6.45) is 0.676. The molecule has 2 N–H and O–H groups in total. The van der Waals surface area contributed by atoms with E-state index >= 15 is 0 Å². The molecule has 1 aliphatic heterocycles. The van der Waals surface area contributed by atoms with Crippen LogP contribution in [0.3, 0.4) is 0 Å². The van der Waals surface area contributed by atoms with Crippen LogP contribution in [0.4, 0.5) is 5.69 Å². The topological polar surface area (TPSA) is 94.0 Å². The van der Waals surface area contributed by atoms with Crippen LogP contribution in [0.5, 0.6) is 5.75 Å². The number of nitrogens with two attached hydrogens (primary N) is 1. The summed E-state index contributed by atoms with van der Waals surface area (Å²) in [4.78, 5) is 10.5. The molecule has 2 aromatic carbocycles. The molecule has 27 heavy (non-hydrogen) atoms. The number of nitro groups is 1. The molecule has 0 saturated carbocycles. The molecule has 2 aromatic rings. The summed E-state index contributed by atoms with van der Waals surface area (Å²) in [6, 6.07) is 10.1. The van der Waals surface area contributed by atoms with E-state index in [1.54, 1.807) is 24.3 Å². The van der Waals surface area contributed by atoms with E-state index in [-0.39, 0.29) is 16.8 Å². The van der Waals surface area contributed by atoms with Gasteiger partial charge in [0.05, 0.1) is 28.3 Å². The number of halogens is 1. The van der Waals surface area contributed by atoms with Crippen LogP contribution in [0, 0.1) is 10.1 Å². The van der Waals surface area contributed by atoms with Crippen molar-refractivity contribution in [3.63, 3.8) is 0 Å². The Labute approximate surface area is 170 Å². The summed E-state index contributed by atoms with van der Waals surface area (Å²) in [5, 5.41) is 17.4. The molecule has 0 saturated heterocycles. The van der Waals surface area contributed by atoms with Crippen molar-refractivity contribution in [1.29, 1.82) is 0 Å². The number of nitrogens with zero attached hydrogens (tertiary/aromatic N) is 3. The minimum atomic E-state index is -0.434. The quantitative estimate of drug-likeness (QED) is 0.437. The van der Waals surface area contributed by atoms with Crippen LogP contribution >= 0.6 is 28.1 Å². The number of non-ortho nitro benzene ring substituents is 1. The van der Waals surface area contributed by atoms with Crippen molar-refractivity contribution in [3.8, 4) is 5.75 Å². The number of hydrogen-bond acceptors (Lipinski definition) is 5. The van der Waals surface area contributed by atoms with Crippen LogP contribution in [-0.4, -0.2) is 33.9 Å². The predicted octanol–water partition coefficient (Wildman–Crippen LogP) is 3.61. The number of hydrazone groups is 1. The van der Waals surface area contributed by atoms with Crippen LogP contribution in [0.15, 0.2) is 46.0 Å². The van der Waals surface area contributed by atoms with E-state index in [9.17, 15) is 10.1 Å². The van der Waals surface area contributed by atoms with Crippen molar-refractivity contribution in [2.75, 3.05) is 7.11 Å². The monoisotopic (exact) mass is 448 g/mol. The van der Waals surface area contributed by atoms with Gasteiger partial charge in [-0.25, -0.2) is 5.01 Å². The van der Waals surface area contributed by atoms with E-state index in [4.69, 9.17) is 27.8 Å². The van der Waals surface area contributed by atoms with Crippen LogP contribution in [0.1, 0.15) is 23.6 Å². The molecule has 0 bridgehead atoms. The molecule has 7 nitrogen and oxygen atoms in total. The lowest BCUT2D eigenvalue weighted by Crippen LogP contribution is -2.38. The van der Waals surface area contributed by atoms with Crippen molar-refractivity contribution in [2.24, 2.45) is 10.8 Å². The Bertz CT molecular complexity index is 946. The van der Waals surface area contributed by atoms with Gasteiger partial charge in [-0.05, 0) is 71.3 Å². The highest BCUT2D eigenvalue weighted by molar-refractivity contribution is 9.10. The first-order chi connectivity index (χ1) is 12.8. The van der Waals surface area contributed by atoms with E-state index in [2.05, 4.69) is 15.9 Å². The van der Waals surface area contributed by atoms with Crippen LogP contribution in [0.2, 0.25) is 0 Å². The molecular formula is C18H17BrN4O3S. The molecule has 0 aliphatic carbocycles. The van der Waals surface area contributed by atoms with E-state index in [1.807, 2.05) is 19.1 Å². The molecular weight excluding hydrogens is 432 g/mol. The van der Waals surface area contributed by atoms with Gasteiger partial charge >= 0.3 is 0 Å². The van der Waals surface area contributed by atoms with Gasteiger partial charge < -0.3 is 10.5 Å². The van der Waals surface area contributed by atoms with Gasteiger partial charge in [-0.1, -0.05) is 0 Å². The van der Waals surface area contributed by atoms with Crippen molar-refractivity contribution in [2.45, 2.75) is 19.4 Å². The Hall–Kier alpha value is -2.52. The lowest BCUT2D eigenvalue weighted by molar-refractivity contribution is -0.384. The lowest BCUT2D eigenvalue weighted by atomic mass is 9.94. The average molecular weight is 449 g/mol. The van der Waals surface area contributed by atoms with Gasteiger partial charge in [-0.2, -0.15) is 5.10 Å². The molecule has 140 valence electrons. The smallest absolute Gasteiger partial charge is 0.269 e. The average Bonchev–Trinajstić information content (AvgIpc) is 2.76. The fraction of sp³-hybridized carbons (Fsp3) is 0.222. The molecule has 1 atom stereocenters. The van der Waals surface area contributed by atoms with Gasteiger partial charge in [0.25, 0.3) is 5.69 Å². The van der Waals surface area contributed by atoms with E-state index in [0.717, 1.165) is 21.2 Å². The zero-order chi connectivity index (χ0) is 19.7. The minimum absolute atomic E-state index is 0.0150. The Morgan fingerprint density at radius 3 is 2.63 bits per heavy atom. The fourth-order valence-electron chi connectivity index (χ4n) is 3.03. The van der Waals surface area contributed by atoms with Crippen LogP contribution < -0.4 is 10.5 Å². The van der Waals surface area contributed by atoms with Gasteiger partial charge in [0.15, 0.2) is 5.11 Å². The Balaban J connectivity index is 2.22. The summed E-state index contributed by atoms with van der Waals surface area (Å²) in [7, 11) is 1.59. The Morgan fingerprint density at radius 2 is 2.07 bits per heavy atom. The van der Waals surface area contributed by atoms with Crippen LogP contribution in [-0.2, 0) is 6.42 Å². The maximum absolute atomic E-state index is 11.0. The van der Waals surface area contributed by atoms with Gasteiger partial charge in [-0.3, -0.25) is 10.1 Å². The number of fused-ring (bicyclic) bond motifs is 1. The molecule has 1 heterocycles. The van der Waals surface area contributed by atoms with Crippen molar-refractivity contribution < 1.29 is 9.66 Å². The number of benzene rings is 2. The first-order valence-electron chi connectivity index (χ1n) is 8.10. The summed E-state index contributed by atoms with van der Waals surface area (Å²) >= 11 is 8.69. The third kappa shape index (κ3) is 3.79. The van der Waals surface area contributed by atoms with Crippen LogP contribution in [0.25, 0.3) is 0 Å². The second-order valence-electron chi connectivity index (χ2n) is 6.13. The summed E-state index contributed by atoms with van der Waals surface area (Å²) in [5.41, 5.74) is 9.16. The largest absolute Gasteiger partial charge is 0.496 e. The maximum atomic E-state index is 11.0. The van der Waals surface area contributed by atoms with Gasteiger partial charge in [-0.15, -0.1) is 0 Å². The highest BCUT2D eigenvalue weighted by Crippen LogP contribution is 2.33. The van der Waals surface area contributed by atoms with Gasteiger partial charge in [0.1, 0.15) is 5.75 Å². The molecule has 9 heteroatoms. The SMILES string of the molecule is COc1cc2c(cc1Br)CC(C)N(C(N)=S)N=C2c1ccc([N+](=O)[O-])cc1. The molecule has 0 aromatic heterocycles. The Morgan fingerprint density at radius 1 is 1.41 bits per heavy atom. The summed E-state index contributed by atoms with van der Waals surface area (Å²) < 4.78 is 6.27. The highest BCUT2D eigenvalue weighted by Gasteiger charge is 2.26. The van der Waals surface area contributed by atoms with Gasteiger partial charge in [0, 0.05) is 23.3 Å². The van der Waals surface area contributed by atoms with E-state index in [1.165, 1.54) is 12.1 Å². The van der Waals surface area contributed by atoms with E-state index in [0.29, 0.717) is 17.9 Å². The number of methoxy groups -OCH3 is 1. The number of hydrogen-bond donors (Lipinski definition) is 1. The lowest BCUT2D eigenvalue weighted by Gasteiger charge is -2.23. The second-order valence-corrected chi connectivity index (χ2v) is 7.41. The maximum Gasteiger partial charge on any atom is 0.269 e. The number of nitro benzene ring substituents is 1. The van der Waals surface area contributed by atoms with Crippen molar-refractivity contribution in [3.05, 3.63) is 67.7 Å². The molecule has 0 fully saturated rings. The molecule has 0 radical (unpaired) electrons. The zero-order valence-corrected chi connectivity index (χ0v) is 17.1. The minimum Gasteiger partial charge on any atom is -0.496 e. The third-order valence-corrected chi connectivity index (χ3v) is 5.16. The first-order valence-corrected chi connectivity index (χ1v) is 9.30. The van der Waals surface area contributed by atoms with Crippen molar-refractivity contribution in [1.82, 2.24) is 5.01 Å². The fourth-order valence-corrected chi connectivity index (χ4v) is 3.80. The standard InChI is InChI=1S/C18H17BrN4O3S/c1-10-7-12-8-15(19)16(26-2)9-14(12)17(21-22(10)18(20)27)11-3-5-13(6-4-11)23(24)25/h3-6,8-10H,7H2,1-2H3,(H2,20,27).